The molecule has 0 aliphatic heterocycles. The summed E-state index contributed by atoms with van der Waals surface area (Å²) in [7, 11) is 0. The maximum absolute atomic E-state index is 2.33. The molecule has 0 saturated heterocycles. The van der Waals surface area contributed by atoms with E-state index in [1.807, 2.05) is 0 Å². The van der Waals surface area contributed by atoms with Crippen molar-refractivity contribution in [3.05, 3.63) is 0 Å². The summed E-state index contributed by atoms with van der Waals surface area (Å²) in [5.41, 5.74) is 0. The smallest absolute Gasteiger partial charge is 0 e. The van der Waals surface area contributed by atoms with Crippen LogP contribution in [0.2, 0.25) is 104 Å². The SMILES string of the molecule is [CH3][Ge]([CH3])[CH3].[CH3][Ge]([CH3])[CH3].[CH3][Ge]([CH3])[CH3].[CH3][Ge]([CH3])[CH3].[CH3][Ge]([CH3])[CH3].[CH3][Ge]([CH3])[CH3].[Ge].[Ge]. The molecule has 0 bridgehead atoms. The molecule has 0 aromatic heterocycles. The third kappa shape index (κ3) is 1120. The van der Waals surface area contributed by atoms with E-state index in [0.29, 0.717) is 0 Å². The van der Waals surface area contributed by atoms with Crippen molar-refractivity contribution >= 4 is 121 Å². The Morgan fingerprint density at radius 3 is 0.192 bits per heavy atom. The van der Waals surface area contributed by atoms with E-state index in [0.717, 1.165) is 0 Å². The van der Waals surface area contributed by atoms with Gasteiger partial charge in [-0.15, -0.1) is 0 Å². The van der Waals surface area contributed by atoms with Gasteiger partial charge in [0.1, 0.15) is 0 Å². The van der Waals surface area contributed by atoms with Crippen molar-refractivity contribution in [3.8, 4) is 0 Å². The van der Waals surface area contributed by atoms with E-state index >= 15 is 0 Å². The van der Waals surface area contributed by atoms with Crippen LogP contribution in [0.5, 0.6) is 0 Å². The van der Waals surface area contributed by atoms with E-state index in [9.17, 15) is 0 Å². The predicted molar refractivity (Wildman–Crippen MR) is 152 cm³/mol. The first-order valence-corrected chi connectivity index (χ1v) is 46.8. The summed E-state index contributed by atoms with van der Waals surface area (Å²) in [6.07, 6.45) is 0. The molecule has 0 heterocycles. The Bertz CT molecular complexity index is 98.2. The molecule has 0 aliphatic carbocycles. The molecule has 0 saturated carbocycles. The second kappa shape index (κ2) is 47.2. The topological polar surface area (TPSA) is 0 Å². The van der Waals surface area contributed by atoms with E-state index < -0.39 is 0 Å². The van der Waals surface area contributed by atoms with Crippen molar-refractivity contribution in [2.45, 2.75) is 104 Å². The predicted octanol–water partition coefficient (Wildman–Crippen LogP) is 7.46. The standard InChI is InChI=1S/6C3H9Ge.2Ge/c6*1-4(2)3;;/h6*1-3H3;;. The van der Waals surface area contributed by atoms with E-state index in [2.05, 4.69) is 104 Å². The normalized spacial score (nSPS) is 8.31. The van der Waals surface area contributed by atoms with Gasteiger partial charge in [-0.1, -0.05) is 0 Å². The van der Waals surface area contributed by atoms with Crippen LogP contribution in [-0.2, 0) is 0 Å². The first-order chi connectivity index (χ1) is 10.4. The summed E-state index contributed by atoms with van der Waals surface area (Å²) in [5, 5.41) is 0. The summed E-state index contributed by atoms with van der Waals surface area (Å²) in [6, 6.07) is 0. The first-order valence-electron chi connectivity index (χ1n) is 9.00. The van der Waals surface area contributed by atoms with Crippen molar-refractivity contribution in [1.82, 2.24) is 0 Å². The van der Waals surface area contributed by atoms with Gasteiger partial charge in [0.25, 0.3) is 0 Å². The van der Waals surface area contributed by atoms with Crippen LogP contribution < -0.4 is 0 Å². The van der Waals surface area contributed by atoms with E-state index in [1.165, 1.54) is 0 Å². The molecular weight excluding hydrogens is 797 g/mol. The molecule has 14 radical (unpaired) electrons. The molecule has 0 aliphatic rings. The molecule has 0 fully saturated rings. The molecule has 0 N–H and O–H groups in total. The van der Waals surface area contributed by atoms with E-state index in [1.54, 1.807) is 0 Å². The van der Waals surface area contributed by atoms with Crippen LogP contribution in [0, 0.1) is 0 Å². The summed E-state index contributed by atoms with van der Waals surface area (Å²) in [4.78, 5) is 0. The fourth-order valence-corrected chi connectivity index (χ4v) is 0. The minimum atomic E-state index is -0.333. The Hall–Kier alpha value is 4.34. The van der Waals surface area contributed by atoms with Crippen LogP contribution in [0.1, 0.15) is 0 Å². The van der Waals surface area contributed by atoms with Gasteiger partial charge < -0.3 is 0 Å². The number of hydrogen-bond acceptors (Lipinski definition) is 0. The zero-order chi connectivity index (χ0) is 21.5. The summed E-state index contributed by atoms with van der Waals surface area (Å²) in [6.45, 7) is 0. The zero-order valence-corrected chi connectivity index (χ0v) is 38.8. The number of rotatable bonds is 0. The molecule has 0 aromatic carbocycles. The molecule has 0 spiro atoms. The molecule has 0 aromatic rings. The second-order valence-corrected chi connectivity index (χ2v) is 46.8. The van der Waals surface area contributed by atoms with Gasteiger partial charge in [-0.2, -0.15) is 0 Å². The first kappa shape index (κ1) is 52.3. The molecule has 0 nitrogen and oxygen atoms in total. The summed E-state index contributed by atoms with van der Waals surface area (Å²) in [5.74, 6) is 42.0. The fourth-order valence-electron chi connectivity index (χ4n) is 0. The van der Waals surface area contributed by atoms with Crippen molar-refractivity contribution in [1.29, 1.82) is 0 Å². The monoisotopic (exact) mass is 862 g/mol. The van der Waals surface area contributed by atoms with Crippen molar-refractivity contribution < 1.29 is 0 Å². The van der Waals surface area contributed by atoms with Gasteiger partial charge >= 0.3 is 190 Å². The van der Waals surface area contributed by atoms with Gasteiger partial charge in [-0.25, -0.2) is 0 Å². The van der Waals surface area contributed by atoms with Crippen LogP contribution >= 0.6 is 0 Å². The van der Waals surface area contributed by atoms with E-state index in [4.69, 9.17) is 0 Å². The Morgan fingerprint density at radius 2 is 0.192 bits per heavy atom. The molecule has 0 rings (SSSR count). The van der Waals surface area contributed by atoms with Gasteiger partial charge in [-0.3, -0.25) is 0 Å². The molecule has 158 valence electrons. The van der Waals surface area contributed by atoms with Crippen LogP contribution in [0.15, 0.2) is 0 Å². The van der Waals surface area contributed by atoms with Gasteiger partial charge in [0.2, 0.25) is 0 Å². The average Bonchev–Trinajstić information content (AvgIpc) is 2.08. The van der Waals surface area contributed by atoms with Crippen molar-refractivity contribution in [2.24, 2.45) is 0 Å². The summed E-state index contributed by atoms with van der Waals surface area (Å²) < 4.78 is 0. The second-order valence-electron chi connectivity index (χ2n) is 9.00. The third-order valence-electron chi connectivity index (χ3n) is 0. The molecular formula is C18H54Ge8. The fraction of sp³-hybridized carbons (Fsp3) is 1.00. The maximum Gasteiger partial charge on any atom is 0 e. The quantitative estimate of drug-likeness (QED) is 0.222. The Morgan fingerprint density at radius 1 is 0.192 bits per heavy atom. The van der Waals surface area contributed by atoms with Crippen LogP contribution in [0.3, 0.4) is 0 Å². The van der Waals surface area contributed by atoms with Crippen molar-refractivity contribution in [3.63, 3.8) is 0 Å². The third-order valence-corrected chi connectivity index (χ3v) is 0. The van der Waals surface area contributed by atoms with Crippen LogP contribution in [0.4, 0.5) is 0 Å². The van der Waals surface area contributed by atoms with Gasteiger partial charge in [0, 0.05) is 35.2 Å². The van der Waals surface area contributed by atoms with Crippen molar-refractivity contribution in [2.75, 3.05) is 0 Å². The van der Waals surface area contributed by atoms with Gasteiger partial charge in [-0.05, 0) is 0 Å². The minimum Gasteiger partial charge on any atom is 0 e. The number of hydrogen-bond donors (Lipinski definition) is 0. The molecule has 0 amide bonds. The summed E-state index contributed by atoms with van der Waals surface area (Å²) >= 11 is -2.00. The molecule has 26 heavy (non-hydrogen) atoms. The molecule has 0 unspecified atom stereocenters. The molecule has 0 atom stereocenters. The average molecular weight is 852 g/mol. The Labute approximate surface area is 221 Å². The van der Waals surface area contributed by atoms with E-state index in [-0.39, 0.29) is 121 Å². The van der Waals surface area contributed by atoms with Gasteiger partial charge in [0.15, 0.2) is 0 Å². The van der Waals surface area contributed by atoms with Gasteiger partial charge in [0.05, 0.1) is 0 Å². The largest absolute Gasteiger partial charge is 0 e. The Kier molecular flexibility index (Phi) is 95.0. The maximum atomic E-state index is 2.33. The Balaban J connectivity index is -0.0000000245. The zero-order valence-electron chi connectivity index (χ0n) is 22.0. The minimum absolute atomic E-state index is 0. The van der Waals surface area contributed by atoms with Crippen LogP contribution in [0.25, 0.3) is 0 Å². The van der Waals surface area contributed by atoms with Crippen LogP contribution in [-0.4, -0.2) is 121 Å². The molecule has 8 heteroatoms.